The summed E-state index contributed by atoms with van der Waals surface area (Å²) in [5.74, 6) is -0.447. The Morgan fingerprint density at radius 3 is 2.57 bits per heavy atom. The maximum atomic E-state index is 13.3. The van der Waals surface area contributed by atoms with Crippen LogP contribution in [0.5, 0.6) is 0 Å². The van der Waals surface area contributed by atoms with Crippen molar-refractivity contribution < 1.29 is 18.0 Å². The number of amides is 1. The average molecular weight is 386 g/mol. The molecular formula is C22H21F3N2O. The van der Waals surface area contributed by atoms with Gasteiger partial charge >= 0.3 is 6.18 Å². The number of H-pyrrole nitrogens is 1. The lowest BCUT2D eigenvalue weighted by molar-refractivity contribution is -0.137. The van der Waals surface area contributed by atoms with Crippen LogP contribution in [0.2, 0.25) is 0 Å². The predicted octanol–water partition coefficient (Wildman–Crippen LogP) is 5.33. The quantitative estimate of drug-likeness (QED) is 0.646. The van der Waals surface area contributed by atoms with Crippen molar-refractivity contribution in [1.82, 2.24) is 9.88 Å². The molecule has 1 atom stereocenters. The lowest BCUT2D eigenvalue weighted by Crippen LogP contribution is -2.29. The standard InChI is InChI=1S/C22H21F3N2O/c23-22(24,25)16-7-5-6-15(12-16)18(13-21(28)27-10-3-4-11-27)19-14-26-20-9-2-1-8-17(19)20/h1-2,5-9,12,14,18,26H,3-4,10-11,13H2/t18-/m0/s1. The second kappa shape index (κ2) is 7.34. The van der Waals surface area contributed by atoms with Gasteiger partial charge in [0.2, 0.25) is 5.91 Å². The summed E-state index contributed by atoms with van der Waals surface area (Å²) >= 11 is 0. The molecule has 1 amide bonds. The minimum atomic E-state index is -4.42. The molecule has 3 nitrogen and oxygen atoms in total. The third-order valence-electron chi connectivity index (χ3n) is 5.45. The monoisotopic (exact) mass is 386 g/mol. The van der Waals surface area contributed by atoms with Gasteiger partial charge in [-0.3, -0.25) is 4.79 Å². The molecule has 3 aromatic rings. The average Bonchev–Trinajstić information content (AvgIpc) is 3.35. The number of likely N-dealkylation sites (tertiary alicyclic amines) is 1. The minimum absolute atomic E-state index is 0.00908. The SMILES string of the molecule is O=C(C[C@@H](c1cccc(C(F)(F)F)c1)c1c[nH]c2ccccc12)N1CCCC1. The Balaban J connectivity index is 1.76. The normalized spacial score (nSPS) is 15.9. The van der Waals surface area contributed by atoms with Crippen LogP contribution in [0.1, 0.15) is 41.9 Å². The molecule has 0 radical (unpaired) electrons. The Labute approximate surface area is 161 Å². The van der Waals surface area contributed by atoms with Crippen molar-refractivity contribution in [2.45, 2.75) is 31.4 Å². The Hall–Kier alpha value is -2.76. The number of rotatable bonds is 4. The van der Waals surface area contributed by atoms with Gasteiger partial charge in [-0.1, -0.05) is 36.4 Å². The largest absolute Gasteiger partial charge is 0.416 e. The van der Waals surface area contributed by atoms with E-state index in [0.717, 1.165) is 48.5 Å². The number of carbonyl (C=O) groups is 1. The summed E-state index contributed by atoms with van der Waals surface area (Å²) in [6, 6.07) is 13.0. The first-order valence-corrected chi connectivity index (χ1v) is 9.44. The highest BCUT2D eigenvalue weighted by Crippen LogP contribution is 2.37. The summed E-state index contributed by atoms with van der Waals surface area (Å²) in [4.78, 5) is 17.8. The summed E-state index contributed by atoms with van der Waals surface area (Å²) in [6.07, 6.45) is -0.490. The fraction of sp³-hybridized carbons (Fsp3) is 0.318. The van der Waals surface area contributed by atoms with E-state index in [-0.39, 0.29) is 12.3 Å². The molecule has 0 saturated carbocycles. The van der Waals surface area contributed by atoms with Gasteiger partial charge in [-0.2, -0.15) is 13.2 Å². The first kappa shape index (κ1) is 18.6. The number of aromatic amines is 1. The Morgan fingerprint density at radius 2 is 1.82 bits per heavy atom. The molecule has 1 N–H and O–H groups in total. The molecule has 1 aliphatic rings. The van der Waals surface area contributed by atoms with Crippen LogP contribution in [0.4, 0.5) is 13.2 Å². The van der Waals surface area contributed by atoms with Gasteiger partial charge in [0.15, 0.2) is 0 Å². The summed E-state index contributed by atoms with van der Waals surface area (Å²) in [6.45, 7) is 1.45. The number of hydrogen-bond donors (Lipinski definition) is 1. The van der Waals surface area contributed by atoms with Crippen LogP contribution in [0.25, 0.3) is 10.9 Å². The van der Waals surface area contributed by atoms with Crippen LogP contribution >= 0.6 is 0 Å². The maximum absolute atomic E-state index is 13.3. The van der Waals surface area contributed by atoms with E-state index in [0.29, 0.717) is 5.56 Å². The third-order valence-corrected chi connectivity index (χ3v) is 5.45. The highest BCUT2D eigenvalue weighted by Gasteiger charge is 2.32. The van der Waals surface area contributed by atoms with Gasteiger partial charge in [0.1, 0.15) is 0 Å². The number of alkyl halides is 3. The van der Waals surface area contributed by atoms with Gasteiger partial charge < -0.3 is 9.88 Å². The molecule has 1 fully saturated rings. The van der Waals surface area contributed by atoms with E-state index in [1.165, 1.54) is 12.1 Å². The molecule has 4 rings (SSSR count). The molecule has 0 aliphatic carbocycles. The fourth-order valence-corrected chi connectivity index (χ4v) is 3.99. The number of nitrogens with one attached hydrogen (secondary N) is 1. The van der Waals surface area contributed by atoms with Gasteiger partial charge in [-0.25, -0.2) is 0 Å². The molecule has 0 spiro atoms. The summed E-state index contributed by atoms with van der Waals surface area (Å²) in [5, 5.41) is 0.930. The van der Waals surface area contributed by atoms with Crippen molar-refractivity contribution in [2.75, 3.05) is 13.1 Å². The molecule has 0 bridgehead atoms. The number of hydrogen-bond acceptors (Lipinski definition) is 1. The smallest absolute Gasteiger partial charge is 0.361 e. The molecule has 2 aromatic carbocycles. The number of nitrogens with zero attached hydrogens (tertiary/aromatic N) is 1. The minimum Gasteiger partial charge on any atom is -0.361 e. The molecule has 28 heavy (non-hydrogen) atoms. The van der Waals surface area contributed by atoms with Crippen molar-refractivity contribution in [3.8, 4) is 0 Å². The van der Waals surface area contributed by atoms with Gasteiger partial charge in [0.25, 0.3) is 0 Å². The number of para-hydroxylation sites is 1. The van der Waals surface area contributed by atoms with E-state index < -0.39 is 17.7 Å². The van der Waals surface area contributed by atoms with E-state index >= 15 is 0 Å². The zero-order chi connectivity index (χ0) is 19.7. The Bertz CT molecular complexity index is 987. The number of benzene rings is 2. The first-order chi connectivity index (χ1) is 13.4. The molecule has 6 heteroatoms. The van der Waals surface area contributed by atoms with E-state index in [9.17, 15) is 18.0 Å². The molecule has 2 heterocycles. The Morgan fingerprint density at radius 1 is 1.07 bits per heavy atom. The Kier molecular flexibility index (Phi) is 4.87. The van der Waals surface area contributed by atoms with Gasteiger partial charge in [0, 0.05) is 42.5 Å². The lowest BCUT2D eigenvalue weighted by atomic mass is 9.87. The van der Waals surface area contributed by atoms with Crippen LogP contribution in [-0.2, 0) is 11.0 Å². The van der Waals surface area contributed by atoms with Crippen molar-refractivity contribution in [3.05, 3.63) is 71.4 Å². The third kappa shape index (κ3) is 3.63. The molecule has 0 unspecified atom stereocenters. The van der Waals surface area contributed by atoms with E-state index in [1.54, 1.807) is 6.07 Å². The van der Waals surface area contributed by atoms with Crippen LogP contribution in [-0.4, -0.2) is 28.9 Å². The zero-order valence-corrected chi connectivity index (χ0v) is 15.3. The van der Waals surface area contributed by atoms with Crippen LogP contribution < -0.4 is 0 Å². The van der Waals surface area contributed by atoms with Gasteiger partial charge in [-0.15, -0.1) is 0 Å². The summed E-state index contributed by atoms with van der Waals surface area (Å²) in [5.41, 5.74) is 1.57. The lowest BCUT2D eigenvalue weighted by Gasteiger charge is -2.22. The van der Waals surface area contributed by atoms with Crippen LogP contribution in [0, 0.1) is 0 Å². The second-order valence-electron chi connectivity index (χ2n) is 7.26. The first-order valence-electron chi connectivity index (χ1n) is 9.44. The van der Waals surface area contributed by atoms with Gasteiger partial charge in [0.05, 0.1) is 5.56 Å². The fourth-order valence-electron chi connectivity index (χ4n) is 3.99. The number of aromatic nitrogens is 1. The molecule has 1 saturated heterocycles. The van der Waals surface area contributed by atoms with Gasteiger partial charge in [-0.05, 0) is 36.1 Å². The molecular weight excluding hydrogens is 365 g/mol. The predicted molar refractivity (Wildman–Crippen MR) is 102 cm³/mol. The molecule has 146 valence electrons. The van der Waals surface area contributed by atoms with Crippen LogP contribution in [0.3, 0.4) is 0 Å². The number of carbonyl (C=O) groups excluding carboxylic acids is 1. The van der Waals surface area contributed by atoms with Crippen molar-refractivity contribution in [2.24, 2.45) is 0 Å². The number of fused-ring (bicyclic) bond motifs is 1. The van der Waals surface area contributed by atoms with Crippen LogP contribution in [0.15, 0.2) is 54.7 Å². The second-order valence-corrected chi connectivity index (χ2v) is 7.26. The van der Waals surface area contributed by atoms with Crippen molar-refractivity contribution >= 4 is 16.8 Å². The van der Waals surface area contributed by atoms with E-state index in [4.69, 9.17) is 0 Å². The zero-order valence-electron chi connectivity index (χ0n) is 15.3. The van der Waals surface area contributed by atoms with Crippen molar-refractivity contribution in [1.29, 1.82) is 0 Å². The molecule has 1 aliphatic heterocycles. The van der Waals surface area contributed by atoms with E-state index in [2.05, 4.69) is 4.98 Å². The van der Waals surface area contributed by atoms with E-state index in [1.807, 2.05) is 35.4 Å². The highest BCUT2D eigenvalue weighted by molar-refractivity contribution is 5.86. The molecule has 1 aromatic heterocycles. The number of halogens is 3. The maximum Gasteiger partial charge on any atom is 0.416 e. The highest BCUT2D eigenvalue weighted by atomic mass is 19.4. The summed E-state index contributed by atoms with van der Waals surface area (Å²) < 4.78 is 39.8. The topological polar surface area (TPSA) is 36.1 Å². The summed E-state index contributed by atoms with van der Waals surface area (Å²) in [7, 11) is 0. The van der Waals surface area contributed by atoms with Crippen molar-refractivity contribution in [3.63, 3.8) is 0 Å².